The Balaban J connectivity index is 3.85. The fraction of sp³-hybridized carbons (Fsp3) is 0.333. The van der Waals surface area contributed by atoms with E-state index in [1.54, 1.807) is 7.05 Å². The number of ketones is 1. The van der Waals surface area contributed by atoms with Gasteiger partial charge in [0.15, 0.2) is 5.78 Å². The minimum atomic E-state index is -0.0319. The first-order valence-corrected chi connectivity index (χ1v) is 2.30. The first kappa shape index (κ1) is 7.08. The van der Waals surface area contributed by atoms with Gasteiger partial charge in [-0.05, 0) is 6.92 Å². The largest absolute Gasteiger partial charge is 0.296 e. The summed E-state index contributed by atoms with van der Waals surface area (Å²) in [4.78, 5) is 14.0. The lowest BCUT2D eigenvalue weighted by atomic mass is 10.2. The third-order valence-electron chi connectivity index (χ3n) is 0.737. The molecule has 0 rings (SSSR count). The van der Waals surface area contributed by atoms with E-state index < -0.39 is 0 Å². The summed E-state index contributed by atoms with van der Waals surface area (Å²) in [7, 11) is 1.61. The van der Waals surface area contributed by atoms with Gasteiger partial charge >= 0.3 is 0 Å². The van der Waals surface area contributed by atoms with Crippen LogP contribution in [0.25, 0.3) is 0 Å². The highest BCUT2D eigenvalue weighted by Gasteiger charge is 1.91. The van der Waals surface area contributed by atoms with Gasteiger partial charge in [0, 0.05) is 18.8 Å². The Hall–Kier alpha value is -0.920. The molecule has 0 aliphatic rings. The molecule has 0 atom stereocenters. The van der Waals surface area contributed by atoms with Crippen molar-refractivity contribution in [1.29, 1.82) is 0 Å². The van der Waals surface area contributed by atoms with E-state index in [-0.39, 0.29) is 5.78 Å². The Morgan fingerprint density at radius 3 is 2.38 bits per heavy atom. The minimum absolute atomic E-state index is 0.0319. The van der Waals surface area contributed by atoms with Crippen LogP contribution in [0, 0.1) is 0 Å². The molecule has 0 aromatic heterocycles. The first-order valence-electron chi connectivity index (χ1n) is 2.30. The van der Waals surface area contributed by atoms with Crippen molar-refractivity contribution in [2.75, 3.05) is 7.05 Å². The van der Waals surface area contributed by atoms with Gasteiger partial charge in [0.05, 0.1) is 0 Å². The average Bonchev–Trinajstić information content (AvgIpc) is 1.67. The fourth-order valence-electron chi connectivity index (χ4n) is 0.247. The molecular weight excluding hydrogens is 102 g/mol. The zero-order valence-electron chi connectivity index (χ0n) is 5.14. The van der Waals surface area contributed by atoms with E-state index in [9.17, 15) is 4.79 Å². The molecule has 0 unspecified atom stereocenters. The van der Waals surface area contributed by atoms with Gasteiger partial charge < -0.3 is 0 Å². The monoisotopic (exact) mass is 111 g/mol. The molecular formula is C6H9NO. The highest BCUT2D eigenvalue weighted by atomic mass is 16.1. The first-order chi connectivity index (χ1) is 3.68. The number of rotatable bonds is 2. The van der Waals surface area contributed by atoms with Gasteiger partial charge in [-0.15, -0.1) is 0 Å². The minimum Gasteiger partial charge on any atom is -0.296 e. The van der Waals surface area contributed by atoms with Crippen molar-refractivity contribution < 1.29 is 4.79 Å². The molecule has 0 aromatic carbocycles. The van der Waals surface area contributed by atoms with E-state index in [4.69, 9.17) is 0 Å². The molecule has 0 aliphatic heterocycles. The van der Waals surface area contributed by atoms with Crippen molar-refractivity contribution in [1.82, 2.24) is 0 Å². The fourth-order valence-corrected chi connectivity index (χ4v) is 0.247. The van der Waals surface area contributed by atoms with Crippen molar-refractivity contribution in [3.63, 3.8) is 0 Å². The second kappa shape index (κ2) is 3.13. The predicted octanol–water partition coefficient (Wildman–Crippen LogP) is 0.832. The quantitative estimate of drug-likeness (QED) is 0.383. The number of allylic oxidation sites excluding steroid dienone is 1. The van der Waals surface area contributed by atoms with Crippen LogP contribution in [0.15, 0.2) is 17.1 Å². The maximum atomic E-state index is 10.3. The topological polar surface area (TPSA) is 29.4 Å². The molecule has 0 radical (unpaired) electrons. The molecule has 0 aromatic rings. The van der Waals surface area contributed by atoms with E-state index in [1.165, 1.54) is 13.1 Å². The Kier molecular flexibility index (Phi) is 2.77. The van der Waals surface area contributed by atoms with E-state index in [1.807, 2.05) is 0 Å². The Morgan fingerprint density at radius 2 is 2.25 bits per heavy atom. The molecule has 0 bridgehead atoms. The van der Waals surface area contributed by atoms with Crippen LogP contribution in [0.2, 0.25) is 0 Å². The summed E-state index contributed by atoms with van der Waals surface area (Å²) in [5.74, 6) is -0.0319. The Labute approximate surface area is 48.9 Å². The summed E-state index contributed by atoms with van der Waals surface area (Å²) in [6, 6.07) is 0. The number of hydrogen-bond acceptors (Lipinski definition) is 2. The lowest BCUT2D eigenvalue weighted by Gasteiger charge is -1.85. The van der Waals surface area contributed by atoms with Crippen LogP contribution in [-0.4, -0.2) is 19.0 Å². The number of carbonyl (C=O) groups is 1. The van der Waals surface area contributed by atoms with Crippen molar-refractivity contribution in [2.24, 2.45) is 4.99 Å². The lowest BCUT2D eigenvalue weighted by Crippen LogP contribution is -1.94. The normalized spacial score (nSPS) is 9.75. The summed E-state index contributed by atoms with van der Waals surface area (Å²) in [6.45, 7) is 4.91. The molecule has 8 heavy (non-hydrogen) atoms. The van der Waals surface area contributed by atoms with Crippen molar-refractivity contribution >= 4 is 12.0 Å². The van der Waals surface area contributed by atoms with Crippen LogP contribution >= 0.6 is 0 Å². The lowest BCUT2D eigenvalue weighted by molar-refractivity contribution is -0.113. The van der Waals surface area contributed by atoms with Crippen LogP contribution in [0.3, 0.4) is 0 Å². The second-order valence-electron chi connectivity index (χ2n) is 1.47. The van der Waals surface area contributed by atoms with E-state index in [0.717, 1.165) is 0 Å². The van der Waals surface area contributed by atoms with Gasteiger partial charge in [-0.2, -0.15) is 0 Å². The number of carbonyl (C=O) groups excluding carboxylic acids is 1. The number of nitrogens with zero attached hydrogens (tertiary/aromatic N) is 1. The molecule has 0 fully saturated rings. The van der Waals surface area contributed by atoms with Gasteiger partial charge in [-0.1, -0.05) is 6.58 Å². The maximum absolute atomic E-state index is 10.3. The zero-order chi connectivity index (χ0) is 6.57. The van der Waals surface area contributed by atoms with Crippen LogP contribution in [0.5, 0.6) is 0 Å². The Bertz CT molecular complexity index is 135. The van der Waals surface area contributed by atoms with Crippen LogP contribution < -0.4 is 0 Å². The molecule has 0 saturated carbocycles. The molecule has 0 heterocycles. The van der Waals surface area contributed by atoms with Crippen LogP contribution in [0.4, 0.5) is 0 Å². The smallest absolute Gasteiger partial charge is 0.160 e. The van der Waals surface area contributed by atoms with E-state index in [0.29, 0.717) is 5.57 Å². The number of hydrogen-bond donors (Lipinski definition) is 0. The van der Waals surface area contributed by atoms with Gasteiger partial charge in [-0.25, -0.2) is 0 Å². The number of Topliss-reactive ketones (excluding diaryl/α,β-unsaturated/α-hetero) is 1. The highest BCUT2D eigenvalue weighted by molar-refractivity contribution is 6.11. The predicted molar refractivity (Wildman–Crippen MR) is 34.2 cm³/mol. The van der Waals surface area contributed by atoms with Gasteiger partial charge in [0.2, 0.25) is 0 Å². The van der Waals surface area contributed by atoms with Crippen molar-refractivity contribution in [2.45, 2.75) is 6.92 Å². The third-order valence-corrected chi connectivity index (χ3v) is 0.737. The summed E-state index contributed by atoms with van der Waals surface area (Å²) < 4.78 is 0. The van der Waals surface area contributed by atoms with E-state index >= 15 is 0 Å². The third kappa shape index (κ3) is 2.29. The standard InChI is InChI=1S/C6H9NO/c1-5(4-7-3)6(2)8/h4H,1H2,2-3H3. The number of aliphatic imine (C=N–C) groups is 1. The second-order valence-corrected chi connectivity index (χ2v) is 1.47. The van der Waals surface area contributed by atoms with E-state index in [2.05, 4.69) is 11.6 Å². The molecule has 44 valence electrons. The SMILES string of the molecule is C=C(C=NC)C(C)=O. The molecule has 0 N–H and O–H groups in total. The summed E-state index contributed by atoms with van der Waals surface area (Å²) in [5, 5.41) is 0. The Morgan fingerprint density at radius 1 is 1.75 bits per heavy atom. The molecule has 0 spiro atoms. The molecule has 0 saturated heterocycles. The summed E-state index contributed by atoms with van der Waals surface area (Å²) >= 11 is 0. The van der Waals surface area contributed by atoms with Crippen molar-refractivity contribution in [3.8, 4) is 0 Å². The summed E-state index contributed by atoms with van der Waals surface area (Å²) in [5.41, 5.74) is 0.451. The molecule has 0 amide bonds. The van der Waals surface area contributed by atoms with Gasteiger partial charge in [0.25, 0.3) is 0 Å². The van der Waals surface area contributed by atoms with Crippen LogP contribution in [-0.2, 0) is 4.79 Å². The maximum Gasteiger partial charge on any atom is 0.160 e. The average molecular weight is 111 g/mol. The van der Waals surface area contributed by atoms with Gasteiger partial charge in [0.1, 0.15) is 0 Å². The molecule has 2 nitrogen and oxygen atoms in total. The highest BCUT2D eigenvalue weighted by Crippen LogP contribution is 1.84. The molecule has 0 aliphatic carbocycles. The van der Waals surface area contributed by atoms with Crippen molar-refractivity contribution in [3.05, 3.63) is 12.2 Å². The zero-order valence-corrected chi connectivity index (χ0v) is 5.14. The summed E-state index contributed by atoms with van der Waals surface area (Å²) in [6.07, 6.45) is 1.45. The van der Waals surface area contributed by atoms with Gasteiger partial charge in [-0.3, -0.25) is 9.79 Å². The van der Waals surface area contributed by atoms with Crippen LogP contribution in [0.1, 0.15) is 6.92 Å². The molecule has 2 heteroatoms.